The van der Waals surface area contributed by atoms with Gasteiger partial charge in [-0.15, -0.1) is 0 Å². The van der Waals surface area contributed by atoms with Gasteiger partial charge in [0, 0.05) is 19.0 Å². The van der Waals surface area contributed by atoms with Crippen LogP contribution in [0.5, 0.6) is 0 Å². The molecule has 45 heavy (non-hydrogen) atoms. The maximum Gasteiger partial charge on any atom is 0.408 e. The van der Waals surface area contributed by atoms with Crippen molar-refractivity contribution in [2.75, 3.05) is 20.2 Å². The van der Waals surface area contributed by atoms with E-state index < -0.39 is 75.2 Å². The fourth-order valence-electron chi connectivity index (χ4n) is 6.37. The van der Waals surface area contributed by atoms with Crippen molar-refractivity contribution in [2.45, 2.75) is 121 Å². The molecule has 14 nitrogen and oxygen atoms in total. The first-order valence-electron chi connectivity index (χ1n) is 15.9. The first-order valence-corrected chi connectivity index (χ1v) is 17.3. The van der Waals surface area contributed by atoms with Gasteiger partial charge in [-0.05, 0) is 78.6 Å². The molecule has 4 rings (SSSR count). The Balaban J connectivity index is 1.55. The number of amides is 4. The number of carbonyl (C=O) groups is 5. The number of hydrogen-bond donors (Lipinski definition) is 3. The molecule has 0 aromatic rings. The molecular weight excluding hydrogens is 606 g/mol. The van der Waals surface area contributed by atoms with E-state index in [9.17, 15) is 32.4 Å². The maximum atomic E-state index is 13.8. The van der Waals surface area contributed by atoms with Gasteiger partial charge in [-0.25, -0.2) is 9.52 Å². The second kappa shape index (κ2) is 14.1. The summed E-state index contributed by atoms with van der Waals surface area (Å²) in [5, 5.41) is 5.50. The molecule has 0 aromatic heterocycles. The van der Waals surface area contributed by atoms with Crippen LogP contribution >= 0.6 is 0 Å². The number of carbonyl (C=O) groups excluding carboxylic acids is 5. The van der Waals surface area contributed by atoms with Crippen LogP contribution in [-0.2, 0) is 38.9 Å². The van der Waals surface area contributed by atoms with Crippen molar-refractivity contribution < 1.29 is 41.9 Å². The minimum Gasteiger partial charge on any atom is -0.468 e. The van der Waals surface area contributed by atoms with E-state index in [1.54, 1.807) is 20.8 Å². The summed E-state index contributed by atoms with van der Waals surface area (Å²) in [5.74, 6) is -3.03. The van der Waals surface area contributed by atoms with Crippen molar-refractivity contribution >= 4 is 40.0 Å². The highest BCUT2D eigenvalue weighted by atomic mass is 32.2. The van der Waals surface area contributed by atoms with Crippen molar-refractivity contribution in [2.24, 2.45) is 5.92 Å². The smallest absolute Gasteiger partial charge is 0.408 e. The van der Waals surface area contributed by atoms with Gasteiger partial charge in [-0.2, -0.15) is 12.7 Å². The van der Waals surface area contributed by atoms with Crippen molar-refractivity contribution in [3.8, 4) is 0 Å². The number of allylic oxidation sites excluding steroid dienone is 1. The van der Waals surface area contributed by atoms with Gasteiger partial charge in [0.05, 0.1) is 7.11 Å². The van der Waals surface area contributed by atoms with Gasteiger partial charge in [0.1, 0.15) is 29.3 Å². The second-order valence-electron chi connectivity index (χ2n) is 13.3. The van der Waals surface area contributed by atoms with Gasteiger partial charge in [-0.3, -0.25) is 19.2 Å². The van der Waals surface area contributed by atoms with Crippen molar-refractivity contribution in [1.82, 2.24) is 24.6 Å². The summed E-state index contributed by atoms with van der Waals surface area (Å²) in [6, 6.07) is -2.84. The Kier molecular flexibility index (Phi) is 10.8. The van der Waals surface area contributed by atoms with Crippen molar-refractivity contribution in [1.29, 1.82) is 0 Å². The number of ether oxygens (including phenoxy) is 2. The molecular formula is C30H47N5O9S. The fourth-order valence-corrected chi connectivity index (χ4v) is 7.80. The Morgan fingerprint density at radius 3 is 2.44 bits per heavy atom. The number of alkyl carbamates (subject to hydrolysis) is 1. The zero-order valence-corrected chi connectivity index (χ0v) is 27.4. The molecule has 2 saturated heterocycles. The number of rotatable bonds is 5. The lowest BCUT2D eigenvalue weighted by Crippen LogP contribution is -2.60. The first-order chi connectivity index (χ1) is 21.2. The number of piperidine rings is 1. The molecule has 4 amide bonds. The van der Waals surface area contributed by atoms with Crippen LogP contribution in [0.1, 0.15) is 91.4 Å². The molecule has 0 radical (unpaired) electrons. The molecule has 252 valence electrons. The summed E-state index contributed by atoms with van der Waals surface area (Å²) < 4.78 is 40.1. The van der Waals surface area contributed by atoms with Crippen molar-refractivity contribution in [3.05, 3.63) is 12.2 Å². The van der Waals surface area contributed by atoms with Crippen LogP contribution in [-0.4, -0.2) is 96.9 Å². The zero-order valence-electron chi connectivity index (χ0n) is 26.6. The number of fused-ring (bicyclic) bond motifs is 2. The molecule has 3 fully saturated rings. The third-order valence-corrected chi connectivity index (χ3v) is 10.3. The molecule has 1 aliphatic carbocycles. The van der Waals surface area contributed by atoms with E-state index in [0.29, 0.717) is 51.5 Å². The topological polar surface area (TPSA) is 181 Å². The number of methoxy groups -OCH3 is 1. The Morgan fingerprint density at radius 1 is 1.00 bits per heavy atom. The van der Waals surface area contributed by atoms with E-state index in [-0.39, 0.29) is 19.4 Å². The van der Waals surface area contributed by atoms with Crippen LogP contribution in [0.4, 0.5) is 4.79 Å². The summed E-state index contributed by atoms with van der Waals surface area (Å²) in [5.41, 5.74) is -2.30. The monoisotopic (exact) mass is 653 g/mol. The van der Waals surface area contributed by atoms with E-state index in [0.717, 1.165) is 17.1 Å². The highest BCUT2D eigenvalue weighted by molar-refractivity contribution is 7.87. The largest absolute Gasteiger partial charge is 0.468 e. The Labute approximate surface area is 265 Å². The molecule has 1 unspecified atom stereocenters. The van der Waals surface area contributed by atoms with Crippen LogP contribution in [0.3, 0.4) is 0 Å². The highest BCUT2D eigenvalue weighted by Gasteiger charge is 2.61. The third kappa shape index (κ3) is 8.34. The number of esters is 1. The van der Waals surface area contributed by atoms with E-state index in [2.05, 4.69) is 15.4 Å². The van der Waals surface area contributed by atoms with Gasteiger partial charge in [0.25, 0.3) is 5.91 Å². The summed E-state index contributed by atoms with van der Waals surface area (Å²) >= 11 is 0. The molecule has 1 saturated carbocycles. The van der Waals surface area contributed by atoms with Gasteiger partial charge in [-0.1, -0.05) is 25.0 Å². The summed E-state index contributed by atoms with van der Waals surface area (Å²) in [6.45, 7) is 5.52. The minimum atomic E-state index is -4.45. The Morgan fingerprint density at radius 2 is 1.73 bits per heavy atom. The Hall–Kier alpha value is -3.20. The number of nitrogens with zero attached hydrogens (tertiary/aromatic N) is 2. The number of nitrogens with one attached hydrogen (secondary N) is 3. The lowest BCUT2D eigenvalue weighted by molar-refractivity contribution is -0.146. The number of hydrogen-bond acceptors (Lipinski definition) is 9. The molecule has 5 atom stereocenters. The summed E-state index contributed by atoms with van der Waals surface area (Å²) in [6.07, 6.45) is 8.84. The van der Waals surface area contributed by atoms with Crippen LogP contribution in [0, 0.1) is 5.92 Å². The van der Waals surface area contributed by atoms with E-state index in [4.69, 9.17) is 9.47 Å². The Bertz CT molecular complexity index is 1300. The van der Waals surface area contributed by atoms with E-state index in [1.165, 1.54) is 12.0 Å². The summed E-state index contributed by atoms with van der Waals surface area (Å²) in [4.78, 5) is 67.6. The van der Waals surface area contributed by atoms with Crippen LogP contribution in [0.25, 0.3) is 0 Å². The standard InChI is InChI=1S/C30H47N5O9S/c1-29(2,3)44-28(40)31-21-14-9-7-5-6-8-13-20-19-30(20,32-24(36)22-16-12-17-34(22)25(21)37)27(39)33-45(41,42)35-18-11-10-15-23(35)26(38)43-4/h8,13,20-23H,5-7,9-12,14-19H2,1-4H3,(H,31,40)(H,32,36)(H,33,39)/t20-,21+,22+,23?,30-/m1/s1. The zero-order chi connectivity index (χ0) is 33.0. The average molecular weight is 654 g/mol. The fraction of sp³-hybridized carbons (Fsp3) is 0.767. The van der Waals surface area contributed by atoms with Gasteiger partial charge in [0.15, 0.2) is 0 Å². The van der Waals surface area contributed by atoms with Gasteiger partial charge >= 0.3 is 22.3 Å². The second-order valence-corrected chi connectivity index (χ2v) is 14.9. The molecule has 15 heteroatoms. The SMILES string of the molecule is COC(=O)C1CCCCN1S(=O)(=O)NC(=O)[C@@]12C[C@H]1C=CCCCCC[C@H](NC(=O)OC(C)(C)C)C(=O)N1CCC[C@H]1C(=O)N2. The van der Waals surface area contributed by atoms with Crippen LogP contribution in [0.15, 0.2) is 12.2 Å². The molecule has 3 N–H and O–H groups in total. The van der Waals surface area contributed by atoms with Gasteiger partial charge < -0.3 is 25.0 Å². The van der Waals surface area contributed by atoms with Crippen molar-refractivity contribution in [3.63, 3.8) is 0 Å². The third-order valence-electron chi connectivity index (χ3n) is 8.78. The molecule has 0 bridgehead atoms. The lowest BCUT2D eigenvalue weighted by Gasteiger charge is -2.33. The van der Waals surface area contributed by atoms with Crippen LogP contribution in [0.2, 0.25) is 0 Å². The quantitative estimate of drug-likeness (QED) is 0.294. The molecule has 0 aromatic carbocycles. The molecule has 0 spiro atoms. The molecule has 4 aliphatic rings. The highest BCUT2D eigenvalue weighted by Crippen LogP contribution is 2.46. The summed E-state index contributed by atoms with van der Waals surface area (Å²) in [7, 11) is -3.27. The maximum absolute atomic E-state index is 13.8. The molecule has 3 heterocycles. The first kappa shape index (κ1) is 34.7. The lowest BCUT2D eigenvalue weighted by atomic mass is 10.0. The average Bonchev–Trinajstić information content (AvgIpc) is 3.43. The minimum absolute atomic E-state index is 0.0444. The van der Waals surface area contributed by atoms with E-state index >= 15 is 0 Å². The van der Waals surface area contributed by atoms with Crippen LogP contribution < -0.4 is 15.4 Å². The predicted molar refractivity (Wildman–Crippen MR) is 163 cm³/mol. The predicted octanol–water partition coefficient (Wildman–Crippen LogP) is 1.65. The molecule has 3 aliphatic heterocycles. The van der Waals surface area contributed by atoms with E-state index in [1.807, 2.05) is 12.2 Å². The van der Waals surface area contributed by atoms with Gasteiger partial charge in [0.2, 0.25) is 11.8 Å². The normalized spacial score (nSPS) is 30.1.